The Morgan fingerprint density at radius 1 is 1.17 bits per heavy atom. The Bertz CT molecular complexity index is 1050. The summed E-state index contributed by atoms with van der Waals surface area (Å²) in [5, 5.41) is 4.14. The van der Waals surface area contributed by atoms with Crippen LogP contribution in [0.4, 0.5) is 0 Å². The molecule has 1 fully saturated rings. The average molecular weight is 472 g/mol. The van der Waals surface area contributed by atoms with E-state index in [1.54, 1.807) is 14.2 Å². The normalized spacial score (nSPS) is 16.4. The minimum atomic E-state index is 0.00609. The molecule has 1 saturated heterocycles. The number of aromatic nitrogens is 2. The number of hydrogen-bond donors (Lipinski definition) is 0. The number of hydrogen-bond acceptors (Lipinski definition) is 6. The maximum atomic E-state index is 13.0. The van der Waals surface area contributed by atoms with E-state index in [0.717, 1.165) is 22.9 Å². The molecule has 30 heavy (non-hydrogen) atoms. The van der Waals surface area contributed by atoms with Gasteiger partial charge in [-0.1, -0.05) is 17.3 Å². The largest absolute Gasteiger partial charge is 0.493 e. The van der Waals surface area contributed by atoms with Gasteiger partial charge < -0.3 is 18.9 Å². The monoisotopic (exact) mass is 471 g/mol. The van der Waals surface area contributed by atoms with Crippen LogP contribution in [0.1, 0.15) is 35.0 Å². The molecule has 8 heteroatoms. The van der Waals surface area contributed by atoms with Gasteiger partial charge in [0.05, 0.1) is 25.7 Å². The van der Waals surface area contributed by atoms with E-state index in [9.17, 15) is 4.79 Å². The minimum Gasteiger partial charge on any atom is -0.493 e. The van der Waals surface area contributed by atoms with Crippen LogP contribution in [-0.2, 0) is 0 Å². The standard InChI is InChI=1S/C22H22BrN3O4/c1-28-18-10-9-14(12-19(18)29-2)20-24-21(30-25-20)15-6-5-11-26(13-15)22(27)16-7-3-4-8-17(16)23/h3-4,7-10,12,15H,5-6,11,13H2,1-2H3/t15-/m0/s1. The molecule has 0 spiro atoms. The third kappa shape index (κ3) is 4.05. The van der Waals surface area contributed by atoms with Gasteiger partial charge in [0.1, 0.15) is 0 Å². The van der Waals surface area contributed by atoms with E-state index in [1.807, 2.05) is 47.4 Å². The second-order valence-electron chi connectivity index (χ2n) is 7.10. The van der Waals surface area contributed by atoms with Crippen LogP contribution in [0.25, 0.3) is 11.4 Å². The Hall–Kier alpha value is -2.87. The first-order chi connectivity index (χ1) is 14.6. The van der Waals surface area contributed by atoms with Crippen molar-refractivity contribution in [1.82, 2.24) is 15.0 Å². The SMILES string of the molecule is COc1ccc(-c2noc([C@H]3CCCN(C(=O)c4ccccc4Br)C3)n2)cc1OC. The molecule has 2 heterocycles. The molecule has 1 aliphatic rings. The van der Waals surface area contributed by atoms with Crippen LogP contribution < -0.4 is 9.47 Å². The van der Waals surface area contributed by atoms with E-state index in [2.05, 4.69) is 26.1 Å². The van der Waals surface area contributed by atoms with Crippen molar-refractivity contribution in [2.24, 2.45) is 0 Å². The van der Waals surface area contributed by atoms with E-state index in [0.29, 0.717) is 41.9 Å². The van der Waals surface area contributed by atoms with E-state index in [-0.39, 0.29) is 11.8 Å². The van der Waals surface area contributed by atoms with Gasteiger partial charge in [-0.25, -0.2) is 0 Å². The second-order valence-corrected chi connectivity index (χ2v) is 7.95. The van der Waals surface area contributed by atoms with E-state index >= 15 is 0 Å². The number of rotatable bonds is 5. The van der Waals surface area contributed by atoms with Crippen LogP contribution in [-0.4, -0.2) is 48.3 Å². The van der Waals surface area contributed by atoms with Crippen molar-refractivity contribution in [2.75, 3.05) is 27.3 Å². The Kier molecular flexibility index (Phi) is 6.03. The van der Waals surface area contributed by atoms with Gasteiger partial charge >= 0.3 is 0 Å². The number of carbonyl (C=O) groups is 1. The maximum Gasteiger partial charge on any atom is 0.255 e. The molecule has 2 aromatic carbocycles. The number of likely N-dealkylation sites (tertiary alicyclic amines) is 1. The number of halogens is 1. The molecule has 7 nitrogen and oxygen atoms in total. The molecule has 0 unspecified atom stereocenters. The molecule has 156 valence electrons. The van der Waals surface area contributed by atoms with Gasteiger partial charge in [0.2, 0.25) is 11.7 Å². The number of benzene rings is 2. The van der Waals surface area contributed by atoms with Crippen LogP contribution in [0.5, 0.6) is 11.5 Å². The van der Waals surface area contributed by atoms with Crippen molar-refractivity contribution in [2.45, 2.75) is 18.8 Å². The summed E-state index contributed by atoms with van der Waals surface area (Å²) in [6.07, 6.45) is 1.78. The molecule has 0 radical (unpaired) electrons. The average Bonchev–Trinajstić information content (AvgIpc) is 3.29. The lowest BCUT2D eigenvalue weighted by Crippen LogP contribution is -2.39. The Morgan fingerprint density at radius 3 is 2.73 bits per heavy atom. The van der Waals surface area contributed by atoms with Crippen molar-refractivity contribution in [3.63, 3.8) is 0 Å². The fourth-order valence-corrected chi connectivity index (χ4v) is 4.12. The first-order valence-corrected chi connectivity index (χ1v) is 10.5. The smallest absolute Gasteiger partial charge is 0.255 e. The molecule has 0 bridgehead atoms. The predicted molar refractivity (Wildman–Crippen MR) is 115 cm³/mol. The molecule has 1 aromatic heterocycles. The Labute approximate surface area is 183 Å². The third-order valence-electron chi connectivity index (χ3n) is 5.25. The number of methoxy groups -OCH3 is 2. The fraction of sp³-hybridized carbons (Fsp3) is 0.318. The number of amides is 1. The van der Waals surface area contributed by atoms with E-state index < -0.39 is 0 Å². The fourth-order valence-electron chi connectivity index (χ4n) is 3.66. The summed E-state index contributed by atoms with van der Waals surface area (Å²) in [5.41, 5.74) is 1.44. The highest BCUT2D eigenvalue weighted by atomic mass is 79.9. The van der Waals surface area contributed by atoms with Gasteiger partial charge in [-0.2, -0.15) is 4.98 Å². The quantitative estimate of drug-likeness (QED) is 0.543. The lowest BCUT2D eigenvalue weighted by atomic mass is 9.97. The van der Waals surface area contributed by atoms with Gasteiger partial charge in [0, 0.05) is 23.1 Å². The molecule has 1 atom stereocenters. The van der Waals surface area contributed by atoms with Crippen molar-refractivity contribution < 1.29 is 18.8 Å². The van der Waals surface area contributed by atoms with Crippen LogP contribution in [0, 0.1) is 0 Å². The number of piperidine rings is 1. The Balaban J connectivity index is 1.52. The number of ether oxygens (including phenoxy) is 2. The van der Waals surface area contributed by atoms with Gasteiger partial charge in [0.15, 0.2) is 11.5 Å². The number of carbonyl (C=O) groups excluding carboxylic acids is 1. The van der Waals surface area contributed by atoms with Crippen LogP contribution >= 0.6 is 15.9 Å². The highest BCUT2D eigenvalue weighted by Gasteiger charge is 2.30. The molecule has 1 amide bonds. The zero-order valence-corrected chi connectivity index (χ0v) is 18.4. The molecule has 1 aliphatic heterocycles. The second kappa shape index (κ2) is 8.87. The van der Waals surface area contributed by atoms with Crippen molar-refractivity contribution in [3.8, 4) is 22.9 Å². The van der Waals surface area contributed by atoms with Crippen molar-refractivity contribution >= 4 is 21.8 Å². The minimum absolute atomic E-state index is 0.00609. The third-order valence-corrected chi connectivity index (χ3v) is 5.94. The molecular formula is C22H22BrN3O4. The first-order valence-electron chi connectivity index (χ1n) is 9.70. The van der Waals surface area contributed by atoms with Crippen LogP contribution in [0.3, 0.4) is 0 Å². The van der Waals surface area contributed by atoms with E-state index in [4.69, 9.17) is 14.0 Å². The highest BCUT2D eigenvalue weighted by molar-refractivity contribution is 9.10. The van der Waals surface area contributed by atoms with Crippen molar-refractivity contribution in [3.05, 3.63) is 58.4 Å². The lowest BCUT2D eigenvalue weighted by Gasteiger charge is -2.31. The van der Waals surface area contributed by atoms with Gasteiger partial charge in [0.25, 0.3) is 5.91 Å². The molecule has 0 saturated carbocycles. The summed E-state index contributed by atoms with van der Waals surface area (Å²) in [7, 11) is 3.18. The summed E-state index contributed by atoms with van der Waals surface area (Å²) < 4.78 is 17.0. The molecular weight excluding hydrogens is 450 g/mol. The molecule has 3 aromatic rings. The zero-order valence-electron chi connectivity index (χ0n) is 16.8. The summed E-state index contributed by atoms with van der Waals surface area (Å²) in [6.45, 7) is 1.26. The predicted octanol–water partition coefficient (Wildman–Crippen LogP) is 4.54. The lowest BCUT2D eigenvalue weighted by molar-refractivity contribution is 0.0694. The molecule has 0 aliphatic carbocycles. The number of nitrogens with zero attached hydrogens (tertiary/aromatic N) is 3. The van der Waals surface area contributed by atoms with Crippen LogP contribution in [0.15, 0.2) is 51.5 Å². The highest BCUT2D eigenvalue weighted by Crippen LogP contribution is 2.33. The van der Waals surface area contributed by atoms with E-state index in [1.165, 1.54) is 0 Å². The summed E-state index contributed by atoms with van der Waals surface area (Å²) in [6, 6.07) is 13.0. The van der Waals surface area contributed by atoms with Gasteiger partial charge in [-0.15, -0.1) is 0 Å². The Morgan fingerprint density at radius 2 is 1.97 bits per heavy atom. The summed E-state index contributed by atoms with van der Waals surface area (Å²) in [5.74, 6) is 2.28. The van der Waals surface area contributed by atoms with Gasteiger partial charge in [-0.05, 0) is 59.1 Å². The maximum absolute atomic E-state index is 13.0. The van der Waals surface area contributed by atoms with Gasteiger partial charge in [-0.3, -0.25) is 4.79 Å². The zero-order chi connectivity index (χ0) is 21.1. The molecule has 4 rings (SSSR count). The summed E-state index contributed by atoms with van der Waals surface area (Å²) >= 11 is 3.47. The van der Waals surface area contributed by atoms with Crippen molar-refractivity contribution in [1.29, 1.82) is 0 Å². The first kappa shape index (κ1) is 20.4. The summed E-state index contributed by atoms with van der Waals surface area (Å²) in [4.78, 5) is 19.4. The van der Waals surface area contributed by atoms with Crippen LogP contribution in [0.2, 0.25) is 0 Å². The topological polar surface area (TPSA) is 77.7 Å². The molecule has 0 N–H and O–H groups in total.